The predicted octanol–water partition coefficient (Wildman–Crippen LogP) is 1.51. The van der Waals surface area contributed by atoms with Gasteiger partial charge in [-0.2, -0.15) is 0 Å². The monoisotopic (exact) mass is 304 g/mol. The van der Waals surface area contributed by atoms with Crippen LogP contribution in [-0.4, -0.2) is 56.3 Å². The zero-order valence-electron chi connectivity index (χ0n) is 10.0. The zero-order chi connectivity index (χ0) is 12.7. The van der Waals surface area contributed by atoms with Gasteiger partial charge >= 0.3 is 0 Å². The summed E-state index contributed by atoms with van der Waals surface area (Å²) in [7, 11) is 3.23. The van der Waals surface area contributed by atoms with Crippen LogP contribution in [0.25, 0.3) is 0 Å². The van der Waals surface area contributed by atoms with E-state index in [4.69, 9.17) is 9.47 Å². The van der Waals surface area contributed by atoms with Gasteiger partial charge in [-0.05, 0) is 22.0 Å². The van der Waals surface area contributed by atoms with Gasteiger partial charge in [-0.3, -0.25) is 4.79 Å². The molecule has 0 aliphatic carbocycles. The summed E-state index contributed by atoms with van der Waals surface area (Å²) in [5.74, 6) is -0.0511. The Morgan fingerprint density at radius 1 is 1.35 bits per heavy atom. The normalized spacial score (nSPS) is 10.5. The minimum atomic E-state index is -0.0511. The second-order valence-corrected chi connectivity index (χ2v) is 4.43. The van der Waals surface area contributed by atoms with Crippen LogP contribution in [0.15, 0.2) is 16.7 Å². The van der Waals surface area contributed by atoms with Gasteiger partial charge < -0.3 is 19.4 Å². The minimum Gasteiger partial charge on any atom is -0.383 e. The number of carbonyl (C=O) groups is 1. The van der Waals surface area contributed by atoms with Crippen LogP contribution in [0, 0.1) is 0 Å². The van der Waals surface area contributed by atoms with Crippen molar-refractivity contribution in [2.45, 2.75) is 0 Å². The second kappa shape index (κ2) is 7.47. The van der Waals surface area contributed by atoms with Gasteiger partial charge in [0.05, 0.1) is 13.2 Å². The van der Waals surface area contributed by atoms with E-state index >= 15 is 0 Å². The van der Waals surface area contributed by atoms with Crippen LogP contribution >= 0.6 is 15.9 Å². The Morgan fingerprint density at radius 3 is 2.35 bits per heavy atom. The Hall–Kier alpha value is -0.850. The lowest BCUT2D eigenvalue weighted by Crippen LogP contribution is -2.36. The quantitative estimate of drug-likeness (QED) is 0.831. The minimum absolute atomic E-state index is 0.0511. The van der Waals surface area contributed by atoms with Crippen molar-refractivity contribution in [3.8, 4) is 0 Å². The first-order valence-corrected chi connectivity index (χ1v) is 6.09. The number of methoxy groups -OCH3 is 2. The van der Waals surface area contributed by atoms with Crippen molar-refractivity contribution in [1.82, 2.24) is 9.88 Å². The average molecular weight is 305 g/mol. The molecule has 0 aliphatic rings. The lowest BCUT2D eigenvalue weighted by molar-refractivity contribution is 0.0622. The molecule has 0 unspecified atom stereocenters. The summed E-state index contributed by atoms with van der Waals surface area (Å²) < 4.78 is 10.8. The molecule has 0 bridgehead atoms. The number of aromatic amines is 1. The van der Waals surface area contributed by atoms with Crippen molar-refractivity contribution in [1.29, 1.82) is 0 Å². The van der Waals surface area contributed by atoms with Crippen LogP contribution in [0.2, 0.25) is 0 Å². The third kappa shape index (κ3) is 4.49. The van der Waals surface area contributed by atoms with Crippen molar-refractivity contribution in [3.63, 3.8) is 0 Å². The number of ether oxygens (including phenoxy) is 2. The lowest BCUT2D eigenvalue weighted by Gasteiger charge is -2.21. The summed E-state index contributed by atoms with van der Waals surface area (Å²) in [6.07, 6.45) is 1.73. The third-order valence-corrected chi connectivity index (χ3v) is 2.75. The number of aromatic nitrogens is 1. The molecule has 0 aromatic carbocycles. The van der Waals surface area contributed by atoms with Crippen molar-refractivity contribution >= 4 is 21.8 Å². The molecule has 5 nitrogen and oxygen atoms in total. The molecule has 1 rings (SSSR count). The van der Waals surface area contributed by atoms with Crippen LogP contribution in [0.3, 0.4) is 0 Å². The molecule has 1 aromatic heterocycles. The number of H-pyrrole nitrogens is 1. The molecule has 0 radical (unpaired) electrons. The van der Waals surface area contributed by atoms with Gasteiger partial charge in [0, 0.05) is 38.0 Å². The molecule has 1 aromatic rings. The number of rotatable bonds is 7. The maximum Gasteiger partial charge on any atom is 0.270 e. The number of hydrogen-bond donors (Lipinski definition) is 1. The first kappa shape index (κ1) is 14.2. The van der Waals surface area contributed by atoms with Crippen molar-refractivity contribution in [2.24, 2.45) is 0 Å². The SMILES string of the molecule is COCCN(CCOC)C(=O)c1cc(Br)c[nH]1. The highest BCUT2D eigenvalue weighted by Gasteiger charge is 2.16. The molecule has 0 fully saturated rings. The highest BCUT2D eigenvalue weighted by atomic mass is 79.9. The topological polar surface area (TPSA) is 54.6 Å². The number of carbonyl (C=O) groups excluding carboxylic acids is 1. The summed E-state index contributed by atoms with van der Waals surface area (Å²) in [4.78, 5) is 16.8. The molecule has 1 N–H and O–H groups in total. The Morgan fingerprint density at radius 2 is 1.94 bits per heavy atom. The van der Waals surface area contributed by atoms with Gasteiger partial charge in [-0.25, -0.2) is 0 Å². The molecule has 6 heteroatoms. The van der Waals surface area contributed by atoms with E-state index < -0.39 is 0 Å². The van der Waals surface area contributed by atoms with Crippen LogP contribution in [0.4, 0.5) is 0 Å². The van der Waals surface area contributed by atoms with Gasteiger partial charge in [-0.15, -0.1) is 0 Å². The van der Waals surface area contributed by atoms with Gasteiger partial charge in [0.15, 0.2) is 0 Å². The van der Waals surface area contributed by atoms with Crippen LogP contribution < -0.4 is 0 Å². The fourth-order valence-corrected chi connectivity index (χ4v) is 1.72. The first-order valence-electron chi connectivity index (χ1n) is 5.30. The third-order valence-electron chi connectivity index (χ3n) is 2.30. The fourth-order valence-electron chi connectivity index (χ4n) is 1.38. The Balaban J connectivity index is 2.64. The summed E-state index contributed by atoms with van der Waals surface area (Å²) in [6.45, 7) is 2.12. The van der Waals surface area contributed by atoms with Crippen molar-refractivity contribution < 1.29 is 14.3 Å². The van der Waals surface area contributed by atoms with Crippen molar-refractivity contribution in [2.75, 3.05) is 40.5 Å². The van der Waals surface area contributed by atoms with Gasteiger partial charge in [0.25, 0.3) is 5.91 Å². The van der Waals surface area contributed by atoms with E-state index in [2.05, 4.69) is 20.9 Å². The number of hydrogen-bond acceptors (Lipinski definition) is 3. The molecule has 17 heavy (non-hydrogen) atoms. The molecule has 0 spiro atoms. The first-order chi connectivity index (χ1) is 8.19. The highest BCUT2D eigenvalue weighted by Crippen LogP contribution is 2.12. The smallest absolute Gasteiger partial charge is 0.270 e. The van der Waals surface area contributed by atoms with E-state index in [9.17, 15) is 4.79 Å². The maximum atomic E-state index is 12.1. The van der Waals surface area contributed by atoms with E-state index in [-0.39, 0.29) is 5.91 Å². The number of nitrogens with zero attached hydrogens (tertiary/aromatic N) is 1. The van der Waals surface area contributed by atoms with Crippen LogP contribution in [0.5, 0.6) is 0 Å². The Labute approximate surface area is 109 Å². The second-order valence-electron chi connectivity index (χ2n) is 3.51. The molecule has 96 valence electrons. The molecule has 1 amide bonds. The van der Waals surface area contributed by atoms with Gasteiger partial charge in [-0.1, -0.05) is 0 Å². The summed E-state index contributed by atoms with van der Waals surface area (Å²) >= 11 is 3.30. The lowest BCUT2D eigenvalue weighted by atomic mass is 10.3. The van der Waals surface area contributed by atoms with E-state index in [1.165, 1.54) is 0 Å². The molecule has 0 saturated carbocycles. The fraction of sp³-hybridized carbons (Fsp3) is 0.545. The predicted molar refractivity (Wildman–Crippen MR) is 68.1 cm³/mol. The van der Waals surface area contributed by atoms with E-state index in [1.54, 1.807) is 31.4 Å². The summed E-state index contributed by atoms with van der Waals surface area (Å²) in [6, 6.07) is 1.76. The molecular formula is C11H17BrN2O3. The average Bonchev–Trinajstić information content (AvgIpc) is 2.75. The van der Waals surface area contributed by atoms with E-state index in [0.29, 0.717) is 32.0 Å². The molecule has 1 heterocycles. The molecule has 0 atom stereocenters. The van der Waals surface area contributed by atoms with Crippen molar-refractivity contribution in [3.05, 3.63) is 22.4 Å². The Kier molecular flexibility index (Phi) is 6.25. The molecule has 0 aliphatic heterocycles. The number of halogens is 1. The summed E-state index contributed by atoms with van der Waals surface area (Å²) in [5, 5.41) is 0. The summed E-state index contributed by atoms with van der Waals surface area (Å²) in [5.41, 5.74) is 0.559. The van der Waals surface area contributed by atoms with E-state index in [1.807, 2.05) is 0 Å². The van der Waals surface area contributed by atoms with Crippen LogP contribution in [0.1, 0.15) is 10.5 Å². The zero-order valence-corrected chi connectivity index (χ0v) is 11.6. The molecule has 0 saturated heterocycles. The van der Waals surface area contributed by atoms with Gasteiger partial charge in [0.2, 0.25) is 0 Å². The highest BCUT2D eigenvalue weighted by molar-refractivity contribution is 9.10. The maximum absolute atomic E-state index is 12.1. The van der Waals surface area contributed by atoms with E-state index in [0.717, 1.165) is 4.47 Å². The Bertz CT molecular complexity index is 346. The van der Waals surface area contributed by atoms with Gasteiger partial charge in [0.1, 0.15) is 5.69 Å². The number of amides is 1. The standard InChI is InChI=1S/C11H17BrN2O3/c1-16-5-3-14(4-6-17-2)11(15)10-7-9(12)8-13-10/h7-8,13H,3-6H2,1-2H3. The number of nitrogens with one attached hydrogen (secondary N) is 1. The largest absolute Gasteiger partial charge is 0.383 e. The molecular weight excluding hydrogens is 288 g/mol. The van der Waals surface area contributed by atoms with Crippen LogP contribution in [-0.2, 0) is 9.47 Å².